The molecule has 30 heavy (non-hydrogen) atoms. The van der Waals surface area contributed by atoms with Gasteiger partial charge >= 0.3 is 0 Å². The van der Waals surface area contributed by atoms with Gasteiger partial charge in [-0.05, 0) is 35.8 Å². The highest BCUT2D eigenvalue weighted by Crippen LogP contribution is 2.35. The van der Waals surface area contributed by atoms with E-state index < -0.39 is 0 Å². The van der Waals surface area contributed by atoms with Crippen LogP contribution in [0, 0.1) is 5.92 Å². The molecule has 7 heteroatoms. The number of thiocarbonyl (C=S) groups is 1. The maximum atomic E-state index is 12.9. The number of carbonyl (C=O) groups excluding carboxylic acids is 1. The Kier molecular flexibility index (Phi) is 6.26. The van der Waals surface area contributed by atoms with Crippen molar-refractivity contribution in [1.29, 1.82) is 0 Å². The number of benzene rings is 2. The van der Waals surface area contributed by atoms with Crippen molar-refractivity contribution in [3.05, 3.63) is 74.7 Å². The van der Waals surface area contributed by atoms with Crippen LogP contribution in [0.2, 0.25) is 10.0 Å². The molecule has 1 aromatic heterocycles. The number of carbonyl (C=O) groups is 1. The third-order valence-corrected chi connectivity index (χ3v) is 6.85. The second-order valence-corrected chi connectivity index (χ2v) is 10.2. The van der Waals surface area contributed by atoms with Crippen molar-refractivity contribution < 1.29 is 4.79 Å². The van der Waals surface area contributed by atoms with Crippen LogP contribution in [0.3, 0.4) is 0 Å². The van der Waals surface area contributed by atoms with Gasteiger partial charge in [-0.15, -0.1) is 0 Å². The van der Waals surface area contributed by atoms with Crippen LogP contribution in [0.1, 0.15) is 25.0 Å². The van der Waals surface area contributed by atoms with E-state index in [9.17, 15) is 4.79 Å². The second-order valence-electron chi connectivity index (χ2n) is 7.65. The zero-order valence-electron chi connectivity index (χ0n) is 16.6. The molecular weight excluding hydrogens is 455 g/mol. The highest BCUT2D eigenvalue weighted by atomic mass is 35.5. The number of thioether (sulfide) groups is 1. The summed E-state index contributed by atoms with van der Waals surface area (Å²) in [6, 6.07) is 13.7. The van der Waals surface area contributed by atoms with Gasteiger partial charge in [0.15, 0.2) is 0 Å². The summed E-state index contributed by atoms with van der Waals surface area (Å²) in [6.45, 7) is 5.41. The molecule has 0 N–H and O–H groups in total. The summed E-state index contributed by atoms with van der Waals surface area (Å²) in [6.07, 6.45) is 4.01. The molecule has 1 fully saturated rings. The summed E-state index contributed by atoms with van der Waals surface area (Å²) in [5.74, 6) is 0.342. The first-order chi connectivity index (χ1) is 14.3. The largest absolute Gasteiger partial charge is 0.342 e. The maximum absolute atomic E-state index is 12.9. The lowest BCUT2D eigenvalue weighted by molar-refractivity contribution is -0.122. The van der Waals surface area contributed by atoms with Gasteiger partial charge in [0.05, 0.1) is 4.91 Å². The third kappa shape index (κ3) is 4.30. The summed E-state index contributed by atoms with van der Waals surface area (Å²) in [5, 5.41) is 2.33. The Balaban J connectivity index is 1.72. The first-order valence-electron chi connectivity index (χ1n) is 9.60. The Morgan fingerprint density at radius 1 is 1.17 bits per heavy atom. The lowest BCUT2D eigenvalue weighted by Gasteiger charge is -2.16. The summed E-state index contributed by atoms with van der Waals surface area (Å²) in [5.41, 5.74) is 3.05. The van der Waals surface area contributed by atoms with Gasteiger partial charge in [-0.2, -0.15) is 0 Å². The van der Waals surface area contributed by atoms with Crippen molar-refractivity contribution in [3.63, 3.8) is 0 Å². The Labute approximate surface area is 195 Å². The second kappa shape index (κ2) is 8.75. The van der Waals surface area contributed by atoms with E-state index in [4.69, 9.17) is 35.4 Å². The normalized spacial score (nSPS) is 15.9. The molecule has 1 aliphatic heterocycles. The standard InChI is InChI=1S/C23H20Cl2N2OS2/c1-14(2)11-27-22(28)21(30-23(27)29)9-16-13-26(20-6-4-3-5-18(16)20)12-15-7-8-17(24)10-19(15)25/h3-10,13-14H,11-12H2,1-2H3/b21-9-. The van der Waals surface area contributed by atoms with Gasteiger partial charge in [-0.3, -0.25) is 9.69 Å². The minimum atomic E-state index is -0.0173. The van der Waals surface area contributed by atoms with Crippen molar-refractivity contribution in [2.24, 2.45) is 5.92 Å². The number of fused-ring (bicyclic) bond motifs is 1. The predicted octanol–water partition coefficient (Wildman–Crippen LogP) is 6.85. The molecule has 1 aliphatic rings. The molecule has 2 heterocycles. The van der Waals surface area contributed by atoms with E-state index in [2.05, 4.69) is 36.7 Å². The first kappa shape index (κ1) is 21.4. The van der Waals surface area contributed by atoms with E-state index in [0.29, 0.717) is 38.3 Å². The van der Waals surface area contributed by atoms with Crippen LogP contribution in [-0.2, 0) is 11.3 Å². The van der Waals surface area contributed by atoms with Crippen LogP contribution in [0.15, 0.2) is 53.6 Å². The number of hydrogen-bond donors (Lipinski definition) is 0. The molecule has 0 saturated carbocycles. The molecule has 1 amide bonds. The number of aromatic nitrogens is 1. The van der Waals surface area contributed by atoms with Crippen LogP contribution in [0.4, 0.5) is 0 Å². The average molecular weight is 475 g/mol. The zero-order valence-corrected chi connectivity index (χ0v) is 19.7. The van der Waals surface area contributed by atoms with Crippen LogP contribution in [0.5, 0.6) is 0 Å². The van der Waals surface area contributed by atoms with Gasteiger partial charge in [0.2, 0.25) is 0 Å². The molecule has 0 unspecified atom stereocenters. The lowest BCUT2D eigenvalue weighted by atomic mass is 10.1. The van der Waals surface area contributed by atoms with Crippen LogP contribution >= 0.6 is 47.2 Å². The quantitative estimate of drug-likeness (QED) is 0.298. The van der Waals surface area contributed by atoms with Gasteiger partial charge in [-0.1, -0.05) is 85.3 Å². The highest BCUT2D eigenvalue weighted by Gasteiger charge is 2.32. The number of rotatable bonds is 5. The Hall–Kier alpha value is -1.79. The number of hydrogen-bond acceptors (Lipinski definition) is 3. The van der Waals surface area contributed by atoms with E-state index in [0.717, 1.165) is 22.0 Å². The van der Waals surface area contributed by atoms with Crippen LogP contribution in [0.25, 0.3) is 17.0 Å². The van der Waals surface area contributed by atoms with Gasteiger partial charge in [-0.25, -0.2) is 0 Å². The molecule has 154 valence electrons. The molecule has 0 spiro atoms. The predicted molar refractivity (Wildman–Crippen MR) is 132 cm³/mol. The van der Waals surface area contributed by atoms with Gasteiger partial charge in [0, 0.05) is 45.8 Å². The Morgan fingerprint density at radius 3 is 2.67 bits per heavy atom. The molecule has 2 aromatic carbocycles. The molecule has 3 aromatic rings. The van der Waals surface area contributed by atoms with Gasteiger partial charge < -0.3 is 4.57 Å². The van der Waals surface area contributed by atoms with Crippen LogP contribution in [-0.4, -0.2) is 26.2 Å². The smallest absolute Gasteiger partial charge is 0.266 e. The number of amides is 1. The van der Waals surface area contributed by atoms with Crippen molar-refractivity contribution in [3.8, 4) is 0 Å². The monoisotopic (exact) mass is 474 g/mol. The minimum Gasteiger partial charge on any atom is -0.342 e. The number of para-hydroxylation sites is 1. The van der Waals surface area contributed by atoms with Crippen LogP contribution < -0.4 is 0 Å². The van der Waals surface area contributed by atoms with Crippen molar-refractivity contribution >= 4 is 74.4 Å². The summed E-state index contributed by atoms with van der Waals surface area (Å²) in [4.78, 5) is 15.2. The lowest BCUT2D eigenvalue weighted by Crippen LogP contribution is -2.31. The Bertz CT molecular complexity index is 1180. The van der Waals surface area contributed by atoms with E-state index in [1.807, 2.05) is 30.3 Å². The van der Waals surface area contributed by atoms with E-state index in [1.54, 1.807) is 11.0 Å². The van der Waals surface area contributed by atoms with Crippen molar-refractivity contribution in [2.75, 3.05) is 6.54 Å². The van der Waals surface area contributed by atoms with E-state index in [1.165, 1.54) is 11.8 Å². The molecule has 0 bridgehead atoms. The molecular formula is C23H20Cl2N2OS2. The summed E-state index contributed by atoms with van der Waals surface area (Å²) >= 11 is 19.2. The zero-order chi connectivity index (χ0) is 21.4. The Morgan fingerprint density at radius 2 is 1.93 bits per heavy atom. The van der Waals surface area contributed by atoms with Crippen molar-refractivity contribution in [2.45, 2.75) is 20.4 Å². The fourth-order valence-corrected chi connectivity index (χ4v) is 5.25. The minimum absolute atomic E-state index is 0.0173. The molecule has 3 nitrogen and oxygen atoms in total. The molecule has 1 saturated heterocycles. The SMILES string of the molecule is CC(C)CN1C(=O)/C(=C/c2cn(Cc3ccc(Cl)cc3Cl)c3ccccc23)SC1=S. The average Bonchev–Trinajstić information content (AvgIpc) is 3.16. The molecule has 0 radical (unpaired) electrons. The summed E-state index contributed by atoms with van der Waals surface area (Å²) in [7, 11) is 0. The summed E-state index contributed by atoms with van der Waals surface area (Å²) < 4.78 is 2.77. The van der Waals surface area contributed by atoms with E-state index >= 15 is 0 Å². The fourth-order valence-electron chi connectivity index (χ4n) is 3.52. The van der Waals surface area contributed by atoms with E-state index in [-0.39, 0.29) is 5.91 Å². The van der Waals surface area contributed by atoms with Gasteiger partial charge in [0.1, 0.15) is 4.32 Å². The number of nitrogens with zero attached hydrogens (tertiary/aromatic N) is 2. The maximum Gasteiger partial charge on any atom is 0.266 e. The third-order valence-electron chi connectivity index (χ3n) is 4.88. The van der Waals surface area contributed by atoms with Gasteiger partial charge in [0.25, 0.3) is 5.91 Å². The molecule has 0 atom stereocenters. The highest BCUT2D eigenvalue weighted by molar-refractivity contribution is 8.26. The number of halogens is 2. The molecule has 4 rings (SSSR count). The molecule has 0 aliphatic carbocycles. The van der Waals surface area contributed by atoms with Crippen molar-refractivity contribution in [1.82, 2.24) is 9.47 Å². The first-order valence-corrected chi connectivity index (χ1v) is 11.6. The topological polar surface area (TPSA) is 25.2 Å². The fraction of sp³-hybridized carbons (Fsp3) is 0.217.